The van der Waals surface area contributed by atoms with Crippen molar-refractivity contribution in [2.75, 3.05) is 6.54 Å². The Morgan fingerprint density at radius 2 is 1.47 bits per heavy atom. The number of phenolic OH excluding ortho intramolecular Hbond substituents is 1. The average molecular weight is 473 g/mol. The van der Waals surface area contributed by atoms with E-state index in [1.54, 1.807) is 0 Å². The summed E-state index contributed by atoms with van der Waals surface area (Å²) in [7, 11) is 0. The summed E-state index contributed by atoms with van der Waals surface area (Å²) in [5.74, 6) is 0.304. The molecule has 1 aromatic carbocycles. The van der Waals surface area contributed by atoms with Crippen molar-refractivity contribution in [3.8, 4) is 5.75 Å². The number of carbonyl (C=O) groups excluding carboxylic acids is 2. The van der Waals surface area contributed by atoms with Crippen molar-refractivity contribution in [3.63, 3.8) is 0 Å². The zero-order valence-corrected chi connectivity index (χ0v) is 23.5. The molecule has 0 saturated carbocycles. The number of unbranched alkanes of at least 4 members (excludes halogenated alkanes) is 1. The zero-order valence-electron chi connectivity index (χ0n) is 23.5. The lowest BCUT2D eigenvalue weighted by molar-refractivity contribution is -0.137. The van der Waals surface area contributed by atoms with Gasteiger partial charge in [0.05, 0.1) is 0 Å². The number of carbonyl (C=O) groups is 2. The molecular weight excluding hydrogens is 424 g/mol. The molecule has 0 radical (unpaired) electrons. The molecule has 2 rings (SSSR count). The highest BCUT2D eigenvalue weighted by Gasteiger charge is 2.47. The van der Waals surface area contributed by atoms with Crippen molar-refractivity contribution in [2.45, 2.75) is 130 Å². The lowest BCUT2D eigenvalue weighted by Gasteiger charge is -2.55. The molecule has 0 aliphatic carbocycles. The first-order valence-electron chi connectivity index (χ1n) is 12.8. The molecule has 1 aliphatic heterocycles. The Labute approximate surface area is 207 Å². The van der Waals surface area contributed by atoms with E-state index in [1.807, 2.05) is 21.9 Å². The third-order valence-corrected chi connectivity index (χ3v) is 7.31. The maximum Gasteiger partial charge on any atom is 0.254 e. The monoisotopic (exact) mass is 472 g/mol. The molecule has 1 aliphatic rings. The molecule has 1 aromatic rings. The number of hydrogen-bond acceptors (Lipinski definition) is 3. The van der Waals surface area contributed by atoms with Crippen LogP contribution in [0.2, 0.25) is 0 Å². The second kappa shape index (κ2) is 9.54. The van der Waals surface area contributed by atoms with E-state index < -0.39 is 0 Å². The van der Waals surface area contributed by atoms with Crippen LogP contribution in [-0.4, -0.2) is 50.9 Å². The number of hydrogen-bond donors (Lipinski definition) is 1. The van der Waals surface area contributed by atoms with Crippen molar-refractivity contribution in [2.24, 2.45) is 0 Å². The Bertz CT molecular complexity index is 850. The Balaban J connectivity index is 2.61. The number of likely N-dealkylation sites (tertiary alicyclic amines) is 1. The topological polar surface area (TPSA) is 60.9 Å². The Morgan fingerprint density at radius 1 is 1.03 bits per heavy atom. The van der Waals surface area contributed by atoms with Crippen molar-refractivity contribution in [1.82, 2.24) is 9.80 Å². The molecule has 0 aromatic heterocycles. The lowest BCUT2D eigenvalue weighted by atomic mass is 9.76. The molecule has 1 N–H and O–H groups in total. The van der Waals surface area contributed by atoms with Gasteiger partial charge in [-0.15, -0.1) is 0 Å². The number of amides is 2. The molecule has 2 amide bonds. The Morgan fingerprint density at radius 3 is 1.82 bits per heavy atom. The molecular formula is C29H48N2O3. The van der Waals surface area contributed by atoms with Crippen LogP contribution in [0.5, 0.6) is 5.75 Å². The molecule has 5 heteroatoms. The highest BCUT2D eigenvalue weighted by atomic mass is 16.3. The standard InChI is InChI=1S/C29H48N2O3/c1-12-13-14-30(21-17-28(8,9)31(19-32)29(10,11)18-21)25(34)20-15-22(26(2,3)4)24(33)23(16-20)27(5,6)7/h15-16,19,21,33H,12-14,17-18H2,1-11H3. The lowest BCUT2D eigenvalue weighted by Crippen LogP contribution is -2.64. The highest BCUT2D eigenvalue weighted by molar-refractivity contribution is 5.95. The number of aromatic hydroxyl groups is 1. The summed E-state index contributed by atoms with van der Waals surface area (Å²) >= 11 is 0. The van der Waals surface area contributed by atoms with Crippen LogP contribution in [0.15, 0.2) is 12.1 Å². The van der Waals surface area contributed by atoms with Crippen LogP contribution in [0.25, 0.3) is 0 Å². The smallest absolute Gasteiger partial charge is 0.254 e. The van der Waals surface area contributed by atoms with Gasteiger partial charge in [0.15, 0.2) is 0 Å². The number of phenols is 1. The molecule has 1 fully saturated rings. The van der Waals surface area contributed by atoms with Gasteiger partial charge in [-0.1, -0.05) is 54.9 Å². The SMILES string of the molecule is CCCCN(C(=O)c1cc(C(C)(C)C)c(O)c(C(C)(C)C)c1)C1CC(C)(C)N(C=O)C(C)(C)C1. The third-order valence-electron chi connectivity index (χ3n) is 7.31. The van der Waals surface area contributed by atoms with Gasteiger partial charge in [0.2, 0.25) is 6.41 Å². The van der Waals surface area contributed by atoms with E-state index in [2.05, 4.69) is 76.2 Å². The van der Waals surface area contributed by atoms with Crippen molar-refractivity contribution in [3.05, 3.63) is 28.8 Å². The predicted octanol–water partition coefficient (Wildman–Crippen LogP) is 6.41. The normalized spacial score (nSPS) is 18.6. The molecule has 192 valence electrons. The van der Waals surface area contributed by atoms with E-state index in [9.17, 15) is 14.7 Å². The first-order chi connectivity index (χ1) is 15.4. The molecule has 0 spiro atoms. The fourth-order valence-electron chi connectivity index (χ4n) is 5.59. The van der Waals surface area contributed by atoms with Gasteiger partial charge in [0, 0.05) is 40.4 Å². The van der Waals surface area contributed by atoms with Crippen molar-refractivity contribution >= 4 is 12.3 Å². The Hall–Kier alpha value is -2.04. The van der Waals surface area contributed by atoms with Crippen LogP contribution in [0, 0.1) is 0 Å². The summed E-state index contributed by atoms with van der Waals surface area (Å²) in [5.41, 5.74) is 0.951. The fraction of sp³-hybridized carbons (Fsp3) is 0.724. The van der Waals surface area contributed by atoms with Crippen LogP contribution in [-0.2, 0) is 15.6 Å². The van der Waals surface area contributed by atoms with Crippen LogP contribution >= 0.6 is 0 Å². The molecule has 0 bridgehead atoms. The molecule has 5 nitrogen and oxygen atoms in total. The molecule has 0 unspecified atom stereocenters. The van der Waals surface area contributed by atoms with E-state index in [4.69, 9.17) is 0 Å². The summed E-state index contributed by atoms with van der Waals surface area (Å²) < 4.78 is 0. The summed E-state index contributed by atoms with van der Waals surface area (Å²) in [4.78, 5) is 30.0. The number of nitrogens with zero attached hydrogens (tertiary/aromatic N) is 2. The van der Waals surface area contributed by atoms with Crippen molar-refractivity contribution < 1.29 is 14.7 Å². The maximum absolute atomic E-state index is 14.2. The van der Waals surface area contributed by atoms with Gasteiger partial charge in [-0.2, -0.15) is 0 Å². The molecule has 1 saturated heterocycles. The van der Waals surface area contributed by atoms with Crippen LogP contribution in [0.1, 0.15) is 123 Å². The average Bonchev–Trinajstić information content (AvgIpc) is 2.64. The zero-order chi connectivity index (χ0) is 26.3. The minimum absolute atomic E-state index is 0.0144. The molecule has 0 atom stereocenters. The van der Waals surface area contributed by atoms with Gasteiger partial charge >= 0.3 is 0 Å². The molecule has 1 heterocycles. The summed E-state index contributed by atoms with van der Waals surface area (Å²) in [6, 6.07) is 3.82. The third kappa shape index (κ3) is 5.78. The maximum atomic E-state index is 14.2. The second-order valence-corrected chi connectivity index (χ2v) is 13.4. The van der Waals surface area contributed by atoms with Crippen LogP contribution in [0.3, 0.4) is 0 Å². The quantitative estimate of drug-likeness (QED) is 0.487. The first-order valence-corrected chi connectivity index (χ1v) is 12.8. The van der Waals surface area contributed by atoms with Crippen LogP contribution in [0.4, 0.5) is 0 Å². The van der Waals surface area contributed by atoms with Gasteiger partial charge in [0.25, 0.3) is 5.91 Å². The van der Waals surface area contributed by atoms with Gasteiger partial charge < -0.3 is 14.9 Å². The largest absolute Gasteiger partial charge is 0.507 e. The fourth-order valence-corrected chi connectivity index (χ4v) is 5.59. The number of piperidine rings is 1. The van der Waals surface area contributed by atoms with Gasteiger partial charge in [-0.3, -0.25) is 9.59 Å². The minimum atomic E-state index is -0.346. The number of benzene rings is 1. The molecule has 34 heavy (non-hydrogen) atoms. The van der Waals surface area contributed by atoms with E-state index in [1.165, 1.54) is 0 Å². The predicted molar refractivity (Wildman–Crippen MR) is 141 cm³/mol. The highest BCUT2D eigenvalue weighted by Crippen LogP contribution is 2.42. The summed E-state index contributed by atoms with van der Waals surface area (Å²) in [6.45, 7) is 23.6. The second-order valence-electron chi connectivity index (χ2n) is 13.4. The van der Waals surface area contributed by atoms with E-state index >= 15 is 0 Å². The Kier molecular flexibility index (Phi) is 7.92. The van der Waals surface area contributed by atoms with Crippen LogP contribution < -0.4 is 0 Å². The van der Waals surface area contributed by atoms with Gasteiger partial charge in [-0.25, -0.2) is 0 Å². The van der Waals surface area contributed by atoms with E-state index in [0.717, 1.165) is 43.2 Å². The summed E-state index contributed by atoms with van der Waals surface area (Å²) in [6.07, 6.45) is 4.36. The first kappa shape index (κ1) is 28.2. The van der Waals surface area contributed by atoms with Crippen molar-refractivity contribution in [1.29, 1.82) is 0 Å². The van der Waals surface area contributed by atoms with E-state index in [0.29, 0.717) is 17.9 Å². The summed E-state index contributed by atoms with van der Waals surface area (Å²) in [5, 5.41) is 11.1. The van der Waals surface area contributed by atoms with E-state index in [-0.39, 0.29) is 33.9 Å². The van der Waals surface area contributed by atoms with Gasteiger partial charge in [0.1, 0.15) is 5.75 Å². The number of rotatable bonds is 6. The minimum Gasteiger partial charge on any atom is -0.507 e. The van der Waals surface area contributed by atoms with Gasteiger partial charge in [-0.05, 0) is 69.9 Å².